The van der Waals surface area contributed by atoms with E-state index in [9.17, 15) is 4.79 Å². The molecule has 7 heteroatoms. The van der Waals surface area contributed by atoms with Gasteiger partial charge in [-0.05, 0) is 39.0 Å². The van der Waals surface area contributed by atoms with Crippen LogP contribution in [-0.2, 0) is 0 Å². The monoisotopic (exact) mass is 365 g/mol. The fourth-order valence-electron chi connectivity index (χ4n) is 3.47. The van der Waals surface area contributed by atoms with Crippen LogP contribution in [0.5, 0.6) is 0 Å². The average molecular weight is 365 g/mol. The van der Waals surface area contributed by atoms with Crippen molar-refractivity contribution in [2.45, 2.75) is 20.8 Å². The predicted molar refractivity (Wildman–Crippen MR) is 102 cm³/mol. The molecule has 0 aliphatic carbocycles. The van der Waals surface area contributed by atoms with Crippen molar-refractivity contribution in [2.75, 3.05) is 31.1 Å². The van der Waals surface area contributed by atoms with E-state index < -0.39 is 0 Å². The predicted octanol–water partition coefficient (Wildman–Crippen LogP) is 2.75. The summed E-state index contributed by atoms with van der Waals surface area (Å²) in [5.41, 5.74) is 0.661. The molecule has 4 heterocycles. The topological polar surface area (TPSA) is 67.4 Å². The summed E-state index contributed by atoms with van der Waals surface area (Å²) in [6.07, 6.45) is 3.94. The number of aromatic nitrogens is 3. The van der Waals surface area contributed by atoms with Crippen molar-refractivity contribution in [1.82, 2.24) is 19.4 Å². The van der Waals surface area contributed by atoms with Crippen molar-refractivity contribution in [1.29, 1.82) is 0 Å². The molecule has 1 aliphatic heterocycles. The molecule has 0 radical (unpaired) electrons. The van der Waals surface area contributed by atoms with Crippen LogP contribution in [0, 0.1) is 20.8 Å². The highest BCUT2D eigenvalue weighted by Gasteiger charge is 2.25. The lowest BCUT2D eigenvalue weighted by Gasteiger charge is -2.35. The van der Waals surface area contributed by atoms with Crippen LogP contribution in [0.4, 0.5) is 5.82 Å². The number of hydrogen-bond donors (Lipinski definition) is 0. The number of carbonyl (C=O) groups excluding carboxylic acids is 1. The molecule has 1 aliphatic rings. The smallest absolute Gasteiger partial charge is 0.257 e. The van der Waals surface area contributed by atoms with Gasteiger partial charge in [-0.2, -0.15) is 0 Å². The van der Waals surface area contributed by atoms with Crippen LogP contribution in [0.2, 0.25) is 0 Å². The van der Waals surface area contributed by atoms with E-state index in [0.717, 1.165) is 36.3 Å². The quantitative estimate of drug-likeness (QED) is 0.714. The first-order valence-electron chi connectivity index (χ1n) is 9.11. The number of hydrogen-bond acceptors (Lipinski definition) is 5. The number of nitrogens with zero attached hydrogens (tertiary/aromatic N) is 5. The average Bonchev–Trinajstić information content (AvgIpc) is 3.30. The number of carbonyl (C=O) groups is 1. The molecule has 3 aromatic heterocycles. The van der Waals surface area contributed by atoms with Crippen molar-refractivity contribution in [3.63, 3.8) is 0 Å². The Morgan fingerprint density at radius 1 is 0.963 bits per heavy atom. The summed E-state index contributed by atoms with van der Waals surface area (Å²) in [5.74, 6) is 3.97. The molecule has 140 valence electrons. The Morgan fingerprint density at radius 2 is 1.63 bits per heavy atom. The highest BCUT2D eigenvalue weighted by molar-refractivity contribution is 5.95. The highest BCUT2D eigenvalue weighted by Crippen LogP contribution is 2.20. The Labute approximate surface area is 158 Å². The molecule has 0 N–H and O–H groups in total. The molecule has 7 nitrogen and oxygen atoms in total. The fraction of sp³-hybridized carbons (Fsp3) is 0.350. The second-order valence-electron chi connectivity index (χ2n) is 6.83. The van der Waals surface area contributed by atoms with E-state index in [-0.39, 0.29) is 5.91 Å². The van der Waals surface area contributed by atoms with Gasteiger partial charge in [0.15, 0.2) is 0 Å². The van der Waals surface area contributed by atoms with Gasteiger partial charge in [-0.15, -0.1) is 0 Å². The molecule has 0 bridgehead atoms. The van der Waals surface area contributed by atoms with Gasteiger partial charge >= 0.3 is 0 Å². The number of aryl methyl sites for hydroxylation is 3. The van der Waals surface area contributed by atoms with E-state index in [1.165, 1.54) is 0 Å². The molecule has 1 amide bonds. The lowest BCUT2D eigenvalue weighted by atomic mass is 10.2. The van der Waals surface area contributed by atoms with Crippen LogP contribution < -0.4 is 4.90 Å². The maximum absolute atomic E-state index is 12.8. The van der Waals surface area contributed by atoms with Crippen LogP contribution >= 0.6 is 0 Å². The Balaban J connectivity index is 1.48. The lowest BCUT2D eigenvalue weighted by Crippen LogP contribution is -2.49. The van der Waals surface area contributed by atoms with Gasteiger partial charge in [0.05, 0.1) is 5.56 Å². The van der Waals surface area contributed by atoms with Crippen LogP contribution in [0.1, 0.15) is 27.7 Å². The number of piperazine rings is 1. The molecule has 0 atom stereocenters. The van der Waals surface area contributed by atoms with Gasteiger partial charge in [0.1, 0.15) is 29.0 Å². The van der Waals surface area contributed by atoms with Gasteiger partial charge in [-0.3, -0.25) is 4.79 Å². The first kappa shape index (κ1) is 17.3. The van der Waals surface area contributed by atoms with Gasteiger partial charge in [0, 0.05) is 44.6 Å². The van der Waals surface area contributed by atoms with E-state index in [1.807, 2.05) is 66.9 Å². The molecule has 0 saturated carbocycles. The third-order valence-corrected chi connectivity index (χ3v) is 4.84. The molecule has 0 unspecified atom stereocenters. The van der Waals surface area contributed by atoms with Crippen molar-refractivity contribution in [3.05, 3.63) is 59.6 Å². The fourth-order valence-corrected chi connectivity index (χ4v) is 3.47. The van der Waals surface area contributed by atoms with Crippen LogP contribution in [-0.4, -0.2) is 51.5 Å². The van der Waals surface area contributed by atoms with E-state index in [2.05, 4.69) is 14.9 Å². The minimum Gasteiger partial charge on any atom is -0.466 e. The van der Waals surface area contributed by atoms with Crippen LogP contribution in [0.15, 0.2) is 41.1 Å². The third-order valence-electron chi connectivity index (χ3n) is 4.84. The molecule has 1 fully saturated rings. The molecular weight excluding hydrogens is 342 g/mol. The standard InChI is InChI=1S/C20H23N5O2/c1-14-12-17(15(2)27-14)20(26)25-10-8-24(9-11-25)19-13-18(21-16(3)22-19)23-6-4-5-7-23/h4-7,12-13H,8-11H2,1-3H3. The number of anilines is 1. The van der Waals surface area contributed by atoms with E-state index in [1.54, 1.807) is 0 Å². The molecule has 0 aromatic carbocycles. The Bertz CT molecular complexity index is 953. The first-order chi connectivity index (χ1) is 13.0. The molecular formula is C20H23N5O2. The van der Waals surface area contributed by atoms with Gasteiger partial charge in [0.2, 0.25) is 0 Å². The number of rotatable bonds is 3. The second kappa shape index (κ2) is 6.90. The van der Waals surface area contributed by atoms with Crippen molar-refractivity contribution in [3.8, 4) is 5.82 Å². The van der Waals surface area contributed by atoms with E-state index in [4.69, 9.17) is 4.42 Å². The summed E-state index contributed by atoms with van der Waals surface area (Å²) >= 11 is 0. The van der Waals surface area contributed by atoms with E-state index >= 15 is 0 Å². The van der Waals surface area contributed by atoms with Gasteiger partial charge in [0.25, 0.3) is 5.91 Å². The van der Waals surface area contributed by atoms with Gasteiger partial charge in [-0.1, -0.05) is 0 Å². The number of furan rings is 1. The largest absolute Gasteiger partial charge is 0.466 e. The van der Waals surface area contributed by atoms with Crippen LogP contribution in [0.25, 0.3) is 5.82 Å². The normalized spacial score (nSPS) is 14.6. The highest BCUT2D eigenvalue weighted by atomic mass is 16.3. The summed E-state index contributed by atoms with van der Waals surface area (Å²) in [6.45, 7) is 8.39. The summed E-state index contributed by atoms with van der Waals surface area (Å²) in [7, 11) is 0. The van der Waals surface area contributed by atoms with Crippen molar-refractivity contribution < 1.29 is 9.21 Å². The summed E-state index contributed by atoms with van der Waals surface area (Å²) in [6, 6.07) is 7.76. The molecule has 4 rings (SSSR count). The molecule has 1 saturated heterocycles. The summed E-state index contributed by atoms with van der Waals surface area (Å²) in [4.78, 5) is 26.0. The lowest BCUT2D eigenvalue weighted by molar-refractivity contribution is 0.0744. The van der Waals surface area contributed by atoms with Crippen LogP contribution in [0.3, 0.4) is 0 Å². The minimum absolute atomic E-state index is 0.0379. The maximum atomic E-state index is 12.8. The third kappa shape index (κ3) is 3.45. The minimum atomic E-state index is 0.0379. The van der Waals surface area contributed by atoms with Gasteiger partial charge in [-0.25, -0.2) is 9.97 Å². The Kier molecular flexibility index (Phi) is 4.43. The van der Waals surface area contributed by atoms with E-state index in [0.29, 0.717) is 24.4 Å². The summed E-state index contributed by atoms with van der Waals surface area (Å²) < 4.78 is 7.48. The summed E-state index contributed by atoms with van der Waals surface area (Å²) in [5, 5.41) is 0. The first-order valence-corrected chi connectivity index (χ1v) is 9.11. The molecule has 3 aromatic rings. The second-order valence-corrected chi connectivity index (χ2v) is 6.83. The zero-order valence-corrected chi connectivity index (χ0v) is 15.8. The van der Waals surface area contributed by atoms with Crippen molar-refractivity contribution in [2.24, 2.45) is 0 Å². The Hall–Kier alpha value is -3.09. The number of amides is 1. The zero-order chi connectivity index (χ0) is 19.0. The maximum Gasteiger partial charge on any atom is 0.257 e. The Morgan fingerprint density at radius 3 is 2.26 bits per heavy atom. The molecule has 0 spiro atoms. The zero-order valence-electron chi connectivity index (χ0n) is 15.8. The SMILES string of the molecule is Cc1nc(N2CCN(C(=O)c3cc(C)oc3C)CC2)cc(-n2cccc2)n1. The van der Waals surface area contributed by atoms with Crippen molar-refractivity contribution >= 4 is 11.7 Å². The molecule has 27 heavy (non-hydrogen) atoms. The van der Waals surface area contributed by atoms with Gasteiger partial charge < -0.3 is 18.8 Å².